The Morgan fingerprint density at radius 1 is 1.06 bits per heavy atom. The van der Waals surface area contributed by atoms with E-state index in [0.717, 1.165) is 19.3 Å². The summed E-state index contributed by atoms with van der Waals surface area (Å²) in [5.74, 6) is 1.01. The van der Waals surface area contributed by atoms with Crippen LogP contribution < -0.4 is 11.1 Å². The van der Waals surface area contributed by atoms with Gasteiger partial charge >= 0.3 is 0 Å². The van der Waals surface area contributed by atoms with Crippen molar-refractivity contribution in [3.8, 4) is 0 Å². The molecule has 0 aromatic rings. The van der Waals surface area contributed by atoms with Crippen LogP contribution in [-0.4, -0.2) is 18.0 Å². The van der Waals surface area contributed by atoms with E-state index < -0.39 is 0 Å². The predicted octanol–water partition coefficient (Wildman–Crippen LogP) is 2.59. The maximum absolute atomic E-state index is 12.3. The second-order valence-corrected chi connectivity index (χ2v) is 6.35. The van der Waals surface area contributed by atoms with Gasteiger partial charge in [-0.25, -0.2) is 0 Å². The molecule has 18 heavy (non-hydrogen) atoms. The third kappa shape index (κ3) is 3.71. The van der Waals surface area contributed by atoms with Crippen molar-refractivity contribution < 1.29 is 4.79 Å². The van der Waals surface area contributed by atoms with E-state index in [1.165, 1.54) is 38.5 Å². The van der Waals surface area contributed by atoms with E-state index in [1.54, 1.807) is 0 Å². The van der Waals surface area contributed by atoms with Crippen LogP contribution in [-0.2, 0) is 4.79 Å². The topological polar surface area (TPSA) is 55.1 Å². The number of nitrogens with one attached hydrogen (secondary N) is 1. The molecule has 2 aliphatic carbocycles. The van der Waals surface area contributed by atoms with E-state index in [2.05, 4.69) is 12.2 Å². The molecule has 2 saturated carbocycles. The van der Waals surface area contributed by atoms with Gasteiger partial charge in [0.05, 0.1) is 0 Å². The maximum Gasteiger partial charge on any atom is 0.223 e. The summed E-state index contributed by atoms with van der Waals surface area (Å²) >= 11 is 0. The lowest BCUT2D eigenvalue weighted by atomic mass is 9.79. The van der Waals surface area contributed by atoms with Crippen molar-refractivity contribution in [3.63, 3.8) is 0 Å². The van der Waals surface area contributed by atoms with E-state index in [-0.39, 0.29) is 17.9 Å². The summed E-state index contributed by atoms with van der Waals surface area (Å²) in [5, 5.41) is 3.27. The maximum atomic E-state index is 12.3. The molecule has 2 rings (SSSR count). The molecule has 3 N–H and O–H groups in total. The Bertz CT molecular complexity index is 272. The standard InChI is InChI=1S/C15H28N2O/c1-11-8-9-12(10-14(11)16)15(18)17-13-6-4-2-3-5-7-13/h11-14H,2-10,16H2,1H3,(H,17,18). The monoisotopic (exact) mass is 252 g/mol. The van der Waals surface area contributed by atoms with Gasteiger partial charge < -0.3 is 11.1 Å². The molecule has 3 heteroatoms. The molecule has 2 aliphatic rings. The summed E-state index contributed by atoms with van der Waals surface area (Å²) in [6.07, 6.45) is 10.5. The van der Waals surface area contributed by atoms with E-state index >= 15 is 0 Å². The first-order valence-corrected chi connectivity index (χ1v) is 7.72. The number of hydrogen-bond donors (Lipinski definition) is 2. The Labute approximate surface area is 111 Å². The fourth-order valence-electron chi connectivity index (χ4n) is 3.34. The number of nitrogens with two attached hydrogens (primary N) is 1. The largest absolute Gasteiger partial charge is 0.353 e. The molecule has 0 aromatic carbocycles. The zero-order chi connectivity index (χ0) is 13.0. The average molecular weight is 252 g/mol. The second kappa shape index (κ2) is 6.55. The van der Waals surface area contributed by atoms with Gasteiger partial charge in [0.2, 0.25) is 5.91 Å². The second-order valence-electron chi connectivity index (χ2n) is 6.35. The van der Waals surface area contributed by atoms with Gasteiger partial charge in [-0.1, -0.05) is 32.6 Å². The molecule has 0 aliphatic heterocycles. The van der Waals surface area contributed by atoms with Gasteiger partial charge in [-0.3, -0.25) is 4.79 Å². The molecule has 2 fully saturated rings. The number of hydrogen-bond acceptors (Lipinski definition) is 2. The molecule has 0 saturated heterocycles. The minimum atomic E-state index is 0.166. The molecular formula is C15H28N2O. The Hall–Kier alpha value is -0.570. The molecule has 3 atom stereocenters. The van der Waals surface area contributed by atoms with Crippen LogP contribution in [0.3, 0.4) is 0 Å². The Morgan fingerprint density at radius 3 is 2.33 bits per heavy atom. The summed E-state index contributed by atoms with van der Waals surface area (Å²) in [6, 6.07) is 0.638. The summed E-state index contributed by atoms with van der Waals surface area (Å²) < 4.78 is 0. The highest BCUT2D eigenvalue weighted by Gasteiger charge is 2.30. The van der Waals surface area contributed by atoms with Gasteiger partial charge in [0.15, 0.2) is 0 Å². The van der Waals surface area contributed by atoms with Crippen LogP contribution in [0.5, 0.6) is 0 Å². The highest BCUT2D eigenvalue weighted by Crippen LogP contribution is 2.28. The Morgan fingerprint density at radius 2 is 1.72 bits per heavy atom. The van der Waals surface area contributed by atoms with E-state index in [9.17, 15) is 4.79 Å². The number of amides is 1. The van der Waals surface area contributed by atoms with Crippen LogP contribution >= 0.6 is 0 Å². The van der Waals surface area contributed by atoms with Crippen LogP contribution in [0.25, 0.3) is 0 Å². The van der Waals surface area contributed by atoms with E-state index in [0.29, 0.717) is 12.0 Å². The van der Waals surface area contributed by atoms with Gasteiger partial charge in [-0.15, -0.1) is 0 Å². The molecule has 0 heterocycles. The molecule has 0 spiro atoms. The SMILES string of the molecule is CC1CCC(C(=O)NC2CCCCCC2)CC1N. The molecule has 0 bridgehead atoms. The van der Waals surface area contributed by atoms with Gasteiger partial charge in [0.25, 0.3) is 0 Å². The lowest BCUT2D eigenvalue weighted by Gasteiger charge is -2.32. The van der Waals surface area contributed by atoms with E-state index in [1.807, 2.05) is 0 Å². The minimum Gasteiger partial charge on any atom is -0.353 e. The van der Waals surface area contributed by atoms with Crippen molar-refractivity contribution in [2.75, 3.05) is 0 Å². The quantitative estimate of drug-likeness (QED) is 0.742. The third-order valence-corrected chi connectivity index (χ3v) is 4.83. The molecule has 0 aromatic heterocycles. The van der Waals surface area contributed by atoms with E-state index in [4.69, 9.17) is 5.73 Å². The molecule has 104 valence electrons. The third-order valence-electron chi connectivity index (χ3n) is 4.83. The molecular weight excluding hydrogens is 224 g/mol. The summed E-state index contributed by atoms with van der Waals surface area (Å²) in [6.45, 7) is 2.20. The van der Waals surface area contributed by atoms with Crippen LogP contribution in [0.15, 0.2) is 0 Å². The van der Waals surface area contributed by atoms with Crippen molar-refractivity contribution in [2.24, 2.45) is 17.6 Å². The van der Waals surface area contributed by atoms with Crippen LogP contribution in [0.2, 0.25) is 0 Å². The summed E-state index contributed by atoms with van der Waals surface area (Å²) in [5.41, 5.74) is 6.08. The molecule has 1 amide bonds. The highest BCUT2D eigenvalue weighted by atomic mass is 16.1. The van der Waals surface area contributed by atoms with Gasteiger partial charge in [0, 0.05) is 18.0 Å². The predicted molar refractivity (Wildman–Crippen MR) is 74.1 cm³/mol. The first-order chi connectivity index (χ1) is 8.66. The van der Waals surface area contributed by atoms with Crippen LogP contribution in [0, 0.1) is 11.8 Å². The van der Waals surface area contributed by atoms with Crippen molar-refractivity contribution in [3.05, 3.63) is 0 Å². The highest BCUT2D eigenvalue weighted by molar-refractivity contribution is 5.79. The molecule has 3 nitrogen and oxygen atoms in total. The molecule has 3 unspecified atom stereocenters. The Kier molecular flexibility index (Phi) is 5.04. The minimum absolute atomic E-state index is 0.166. The number of carbonyl (C=O) groups excluding carboxylic acids is 1. The summed E-state index contributed by atoms with van der Waals surface area (Å²) in [4.78, 5) is 12.3. The normalized spacial score (nSPS) is 34.9. The first-order valence-electron chi connectivity index (χ1n) is 7.72. The first kappa shape index (κ1) is 13.9. The van der Waals surface area contributed by atoms with Crippen molar-refractivity contribution >= 4 is 5.91 Å². The van der Waals surface area contributed by atoms with Crippen molar-refractivity contribution in [1.29, 1.82) is 0 Å². The zero-order valence-electron chi connectivity index (χ0n) is 11.7. The zero-order valence-corrected chi connectivity index (χ0v) is 11.7. The lowest BCUT2D eigenvalue weighted by Crippen LogP contribution is -2.44. The fraction of sp³-hybridized carbons (Fsp3) is 0.933. The van der Waals surface area contributed by atoms with Crippen LogP contribution in [0.1, 0.15) is 64.7 Å². The lowest BCUT2D eigenvalue weighted by molar-refractivity contribution is -0.127. The van der Waals surface area contributed by atoms with Crippen LogP contribution in [0.4, 0.5) is 0 Å². The average Bonchev–Trinajstić information content (AvgIpc) is 2.61. The molecule has 0 radical (unpaired) electrons. The number of carbonyl (C=O) groups is 1. The fourth-order valence-corrected chi connectivity index (χ4v) is 3.34. The summed E-state index contributed by atoms with van der Waals surface area (Å²) in [7, 11) is 0. The van der Waals surface area contributed by atoms with Gasteiger partial charge in [0.1, 0.15) is 0 Å². The smallest absolute Gasteiger partial charge is 0.223 e. The van der Waals surface area contributed by atoms with Crippen molar-refractivity contribution in [2.45, 2.75) is 76.8 Å². The number of rotatable bonds is 2. The Balaban J connectivity index is 1.80. The van der Waals surface area contributed by atoms with Crippen molar-refractivity contribution in [1.82, 2.24) is 5.32 Å². The van der Waals surface area contributed by atoms with Gasteiger partial charge in [-0.2, -0.15) is 0 Å². The van der Waals surface area contributed by atoms with Gasteiger partial charge in [-0.05, 0) is 38.0 Å².